The first-order chi connectivity index (χ1) is 7.66. The second-order valence-electron chi connectivity index (χ2n) is 4.61. The van der Waals surface area contributed by atoms with Gasteiger partial charge in [0.15, 0.2) is 0 Å². The average molecular weight is 243 g/mol. The third-order valence-corrected chi connectivity index (χ3v) is 4.59. The van der Waals surface area contributed by atoms with Crippen molar-refractivity contribution in [1.82, 2.24) is 5.32 Å². The van der Waals surface area contributed by atoms with Gasteiger partial charge in [-0.05, 0) is 31.4 Å². The summed E-state index contributed by atoms with van der Waals surface area (Å²) in [5.74, 6) is 1.04. The summed E-state index contributed by atoms with van der Waals surface area (Å²) in [7, 11) is 0. The number of carbonyl (C=O) groups is 2. The third kappa shape index (κ3) is 2.70. The van der Waals surface area contributed by atoms with Gasteiger partial charge in [-0.25, -0.2) is 0 Å². The minimum Gasteiger partial charge on any atom is -0.481 e. The van der Waals surface area contributed by atoms with E-state index in [-0.39, 0.29) is 17.7 Å². The van der Waals surface area contributed by atoms with E-state index in [2.05, 4.69) is 5.32 Å². The standard InChI is InChI=1S/C11H17NO3S/c13-10(12-9-3-4-16-6-9)7-1-2-8(5-7)11(14)15/h7-9H,1-6H2,(H,12,13)(H,14,15)/t7-,8+,9?/m1/s1. The second-order valence-corrected chi connectivity index (χ2v) is 5.76. The van der Waals surface area contributed by atoms with Gasteiger partial charge in [0.05, 0.1) is 5.92 Å². The lowest BCUT2D eigenvalue weighted by molar-refractivity contribution is -0.141. The highest BCUT2D eigenvalue weighted by Gasteiger charge is 2.34. The normalized spacial score (nSPS) is 33.9. The van der Waals surface area contributed by atoms with Crippen LogP contribution in [0.5, 0.6) is 0 Å². The Labute approximate surface area is 99.2 Å². The van der Waals surface area contributed by atoms with Crippen molar-refractivity contribution < 1.29 is 14.7 Å². The molecule has 90 valence electrons. The van der Waals surface area contributed by atoms with Crippen molar-refractivity contribution in [2.75, 3.05) is 11.5 Å². The number of carboxylic acids is 1. The third-order valence-electron chi connectivity index (χ3n) is 3.43. The smallest absolute Gasteiger partial charge is 0.306 e. The van der Waals surface area contributed by atoms with Crippen LogP contribution in [-0.4, -0.2) is 34.5 Å². The number of aliphatic carboxylic acids is 1. The maximum atomic E-state index is 11.9. The molecular formula is C11H17NO3S. The summed E-state index contributed by atoms with van der Waals surface area (Å²) in [6.45, 7) is 0. The van der Waals surface area contributed by atoms with Crippen LogP contribution in [0.15, 0.2) is 0 Å². The number of hydrogen-bond acceptors (Lipinski definition) is 3. The Morgan fingerprint density at radius 1 is 1.19 bits per heavy atom. The molecule has 0 bridgehead atoms. The summed E-state index contributed by atoms with van der Waals surface area (Å²) in [6, 6.07) is 0.307. The molecule has 0 spiro atoms. The molecule has 1 heterocycles. The Balaban J connectivity index is 1.79. The van der Waals surface area contributed by atoms with E-state index in [0.717, 1.165) is 24.3 Å². The van der Waals surface area contributed by atoms with Gasteiger partial charge in [0.25, 0.3) is 0 Å². The summed E-state index contributed by atoms with van der Waals surface area (Å²) >= 11 is 1.86. The second kappa shape index (κ2) is 5.08. The number of amides is 1. The SMILES string of the molecule is O=C(O)[C@H]1CC[C@@H](C(=O)NC2CCSC2)C1. The molecular weight excluding hydrogens is 226 g/mol. The van der Waals surface area contributed by atoms with Crippen molar-refractivity contribution in [1.29, 1.82) is 0 Å². The molecule has 0 aromatic rings. The van der Waals surface area contributed by atoms with E-state index >= 15 is 0 Å². The largest absolute Gasteiger partial charge is 0.481 e. The van der Waals surface area contributed by atoms with E-state index in [4.69, 9.17) is 5.11 Å². The molecule has 0 aromatic heterocycles. The van der Waals surface area contributed by atoms with Crippen molar-refractivity contribution in [2.45, 2.75) is 31.7 Å². The minimum absolute atomic E-state index is 0.0660. The fourth-order valence-corrected chi connectivity index (χ4v) is 3.56. The summed E-state index contributed by atoms with van der Waals surface area (Å²) < 4.78 is 0. The van der Waals surface area contributed by atoms with Crippen LogP contribution in [0.2, 0.25) is 0 Å². The number of hydrogen-bond donors (Lipinski definition) is 2. The van der Waals surface area contributed by atoms with E-state index in [9.17, 15) is 9.59 Å². The van der Waals surface area contributed by atoms with Crippen LogP contribution in [0.1, 0.15) is 25.7 Å². The highest BCUT2D eigenvalue weighted by atomic mass is 32.2. The van der Waals surface area contributed by atoms with E-state index < -0.39 is 5.97 Å². The summed E-state index contributed by atoms with van der Waals surface area (Å²) in [5.41, 5.74) is 0. The first-order valence-electron chi connectivity index (χ1n) is 5.77. The zero-order valence-corrected chi connectivity index (χ0v) is 9.96. The predicted molar refractivity (Wildman–Crippen MR) is 62.3 cm³/mol. The molecule has 16 heavy (non-hydrogen) atoms. The number of nitrogens with one attached hydrogen (secondary N) is 1. The van der Waals surface area contributed by atoms with Crippen LogP contribution in [-0.2, 0) is 9.59 Å². The first-order valence-corrected chi connectivity index (χ1v) is 6.93. The molecule has 1 unspecified atom stereocenters. The summed E-state index contributed by atoms with van der Waals surface area (Å²) in [4.78, 5) is 22.6. The molecule has 2 N–H and O–H groups in total. The van der Waals surface area contributed by atoms with Crippen molar-refractivity contribution in [3.05, 3.63) is 0 Å². The maximum absolute atomic E-state index is 11.9. The van der Waals surface area contributed by atoms with Gasteiger partial charge in [-0.15, -0.1) is 0 Å². The lowest BCUT2D eigenvalue weighted by Crippen LogP contribution is -2.38. The van der Waals surface area contributed by atoms with Crippen LogP contribution in [0.3, 0.4) is 0 Å². The van der Waals surface area contributed by atoms with Crippen LogP contribution in [0, 0.1) is 11.8 Å². The minimum atomic E-state index is -0.758. The Kier molecular flexibility index (Phi) is 3.74. The highest BCUT2D eigenvalue weighted by molar-refractivity contribution is 7.99. The van der Waals surface area contributed by atoms with Crippen molar-refractivity contribution in [3.63, 3.8) is 0 Å². The van der Waals surface area contributed by atoms with Crippen LogP contribution in [0.4, 0.5) is 0 Å². The number of thioether (sulfide) groups is 1. The van der Waals surface area contributed by atoms with E-state index in [1.807, 2.05) is 11.8 Å². The number of carbonyl (C=O) groups excluding carboxylic acids is 1. The fraction of sp³-hybridized carbons (Fsp3) is 0.818. The Hall–Kier alpha value is -0.710. The van der Waals surface area contributed by atoms with Crippen molar-refractivity contribution >= 4 is 23.6 Å². The molecule has 0 radical (unpaired) electrons. The van der Waals surface area contributed by atoms with E-state index in [0.29, 0.717) is 18.9 Å². The molecule has 2 fully saturated rings. The zero-order valence-electron chi connectivity index (χ0n) is 9.15. The zero-order chi connectivity index (χ0) is 11.5. The average Bonchev–Trinajstić information content (AvgIpc) is 2.86. The molecule has 1 aliphatic carbocycles. The highest BCUT2D eigenvalue weighted by Crippen LogP contribution is 2.31. The van der Waals surface area contributed by atoms with Gasteiger partial charge in [0, 0.05) is 17.7 Å². The van der Waals surface area contributed by atoms with Crippen LogP contribution < -0.4 is 5.32 Å². The summed E-state index contributed by atoms with van der Waals surface area (Å²) in [5, 5.41) is 11.9. The molecule has 2 aliphatic rings. The van der Waals surface area contributed by atoms with Crippen molar-refractivity contribution in [3.8, 4) is 0 Å². The predicted octanol–water partition coefficient (Wildman–Crippen LogP) is 1.11. The summed E-state index contributed by atoms with van der Waals surface area (Å²) in [6.07, 6.45) is 2.93. The van der Waals surface area contributed by atoms with Crippen LogP contribution >= 0.6 is 11.8 Å². The van der Waals surface area contributed by atoms with Gasteiger partial charge in [0.2, 0.25) is 5.91 Å². The van der Waals surface area contributed by atoms with Gasteiger partial charge in [-0.2, -0.15) is 11.8 Å². The maximum Gasteiger partial charge on any atom is 0.306 e. The molecule has 1 saturated heterocycles. The Bertz CT molecular complexity index is 289. The molecule has 5 heteroatoms. The molecule has 1 amide bonds. The molecule has 2 rings (SSSR count). The van der Waals surface area contributed by atoms with Gasteiger partial charge < -0.3 is 10.4 Å². The van der Waals surface area contributed by atoms with Gasteiger partial charge in [-0.1, -0.05) is 0 Å². The Morgan fingerprint density at radius 3 is 2.50 bits per heavy atom. The lowest BCUT2D eigenvalue weighted by Gasteiger charge is -2.15. The quantitative estimate of drug-likeness (QED) is 0.779. The van der Waals surface area contributed by atoms with E-state index in [1.165, 1.54) is 0 Å². The van der Waals surface area contributed by atoms with Gasteiger partial charge in [0.1, 0.15) is 0 Å². The monoisotopic (exact) mass is 243 g/mol. The van der Waals surface area contributed by atoms with Gasteiger partial charge >= 0.3 is 5.97 Å². The van der Waals surface area contributed by atoms with E-state index in [1.54, 1.807) is 0 Å². The van der Waals surface area contributed by atoms with Crippen LogP contribution in [0.25, 0.3) is 0 Å². The number of carboxylic acid groups (broad SMARTS) is 1. The topological polar surface area (TPSA) is 66.4 Å². The van der Waals surface area contributed by atoms with Crippen molar-refractivity contribution in [2.24, 2.45) is 11.8 Å². The lowest BCUT2D eigenvalue weighted by atomic mass is 10.0. The molecule has 3 atom stereocenters. The molecule has 0 aromatic carbocycles. The van der Waals surface area contributed by atoms with Gasteiger partial charge in [-0.3, -0.25) is 9.59 Å². The Morgan fingerprint density at radius 2 is 1.94 bits per heavy atom. The first kappa shape index (κ1) is 11.8. The number of rotatable bonds is 3. The molecule has 4 nitrogen and oxygen atoms in total. The molecule has 1 aliphatic heterocycles. The molecule has 1 saturated carbocycles. The fourth-order valence-electron chi connectivity index (χ4n) is 2.41.